The Hall–Kier alpha value is -0.570. The second kappa shape index (κ2) is 3.89. The van der Waals surface area contributed by atoms with Gasteiger partial charge in [0.05, 0.1) is 5.41 Å². The maximum absolute atomic E-state index is 11.3. The van der Waals surface area contributed by atoms with Crippen molar-refractivity contribution >= 4 is 5.97 Å². The quantitative estimate of drug-likeness (QED) is 0.731. The summed E-state index contributed by atoms with van der Waals surface area (Å²) in [6.07, 6.45) is 3.25. The summed E-state index contributed by atoms with van der Waals surface area (Å²) in [4.78, 5) is 11.3. The van der Waals surface area contributed by atoms with Crippen molar-refractivity contribution in [2.45, 2.75) is 52.0 Å². The van der Waals surface area contributed by atoms with Crippen LogP contribution in [0.2, 0.25) is 0 Å². The van der Waals surface area contributed by atoms with Crippen LogP contribution in [-0.2, 0) is 4.79 Å². The van der Waals surface area contributed by atoms with Gasteiger partial charge in [-0.05, 0) is 39.7 Å². The molecule has 0 aromatic heterocycles. The zero-order valence-corrected chi connectivity index (χ0v) is 9.39. The Bertz CT molecular complexity index is 221. The van der Waals surface area contributed by atoms with E-state index in [4.69, 9.17) is 0 Å². The van der Waals surface area contributed by atoms with E-state index in [9.17, 15) is 9.90 Å². The van der Waals surface area contributed by atoms with Gasteiger partial charge in [0.25, 0.3) is 0 Å². The highest BCUT2D eigenvalue weighted by Gasteiger charge is 2.44. The van der Waals surface area contributed by atoms with Crippen LogP contribution in [0.4, 0.5) is 0 Å². The fraction of sp³-hybridized carbons (Fsp3) is 0.909. The molecule has 1 fully saturated rings. The third-order valence-electron chi connectivity index (χ3n) is 3.17. The molecule has 1 unspecified atom stereocenters. The summed E-state index contributed by atoms with van der Waals surface area (Å²) in [6, 6.07) is 0. The zero-order chi connectivity index (χ0) is 10.8. The average Bonchev–Trinajstić information content (AvgIpc) is 2.02. The molecule has 82 valence electrons. The van der Waals surface area contributed by atoms with E-state index < -0.39 is 11.4 Å². The molecule has 0 spiro atoms. The molecule has 0 saturated carbocycles. The molecule has 0 bridgehead atoms. The summed E-state index contributed by atoms with van der Waals surface area (Å²) in [5, 5.41) is 12.7. The van der Waals surface area contributed by atoms with Crippen molar-refractivity contribution in [1.82, 2.24) is 5.32 Å². The van der Waals surface area contributed by atoms with E-state index in [1.54, 1.807) is 0 Å². The largest absolute Gasteiger partial charge is 0.481 e. The molecule has 1 aliphatic heterocycles. The minimum atomic E-state index is -0.617. The minimum Gasteiger partial charge on any atom is -0.481 e. The summed E-state index contributed by atoms with van der Waals surface area (Å²) in [6.45, 7) is 7.04. The van der Waals surface area contributed by atoms with Crippen molar-refractivity contribution in [1.29, 1.82) is 0 Å². The number of hydrogen-bond donors (Lipinski definition) is 2. The molecule has 0 aromatic rings. The van der Waals surface area contributed by atoms with Crippen LogP contribution >= 0.6 is 0 Å². The number of rotatable bonds is 3. The molecule has 1 rings (SSSR count). The van der Waals surface area contributed by atoms with E-state index in [1.807, 2.05) is 0 Å². The highest BCUT2D eigenvalue weighted by molar-refractivity contribution is 5.75. The molecule has 0 amide bonds. The molecule has 1 saturated heterocycles. The third kappa shape index (κ3) is 2.27. The lowest BCUT2D eigenvalue weighted by Gasteiger charge is -2.43. The van der Waals surface area contributed by atoms with Crippen molar-refractivity contribution in [2.24, 2.45) is 5.41 Å². The normalized spacial score (nSPS) is 31.4. The molecule has 0 aliphatic carbocycles. The van der Waals surface area contributed by atoms with Gasteiger partial charge in [-0.15, -0.1) is 0 Å². The maximum atomic E-state index is 11.3. The predicted molar refractivity (Wildman–Crippen MR) is 56.3 cm³/mol. The van der Waals surface area contributed by atoms with E-state index in [2.05, 4.69) is 26.1 Å². The molecule has 3 heteroatoms. The van der Waals surface area contributed by atoms with Crippen molar-refractivity contribution in [3.63, 3.8) is 0 Å². The predicted octanol–water partition coefficient (Wildman–Crippen LogP) is 2.02. The van der Waals surface area contributed by atoms with Crippen LogP contribution in [-0.4, -0.2) is 23.2 Å². The summed E-state index contributed by atoms with van der Waals surface area (Å²) < 4.78 is 0. The number of carbonyl (C=O) groups is 1. The van der Waals surface area contributed by atoms with Crippen LogP contribution in [0.3, 0.4) is 0 Å². The van der Waals surface area contributed by atoms with Gasteiger partial charge in [-0.2, -0.15) is 0 Å². The third-order valence-corrected chi connectivity index (χ3v) is 3.17. The van der Waals surface area contributed by atoms with Crippen LogP contribution in [0.25, 0.3) is 0 Å². The van der Waals surface area contributed by atoms with Gasteiger partial charge in [0.2, 0.25) is 0 Å². The maximum Gasteiger partial charge on any atom is 0.309 e. The van der Waals surface area contributed by atoms with Gasteiger partial charge in [0, 0.05) is 5.54 Å². The number of piperidine rings is 1. The molecule has 14 heavy (non-hydrogen) atoms. The average molecular weight is 199 g/mol. The first kappa shape index (κ1) is 11.5. The van der Waals surface area contributed by atoms with Crippen molar-refractivity contribution in [3.05, 3.63) is 0 Å². The molecule has 1 atom stereocenters. The Morgan fingerprint density at radius 2 is 2.14 bits per heavy atom. The van der Waals surface area contributed by atoms with Gasteiger partial charge in [-0.25, -0.2) is 0 Å². The Kier molecular flexibility index (Phi) is 3.20. The summed E-state index contributed by atoms with van der Waals surface area (Å²) in [7, 11) is 0. The standard InChI is InChI=1S/C11H21NO2/c1-4-5-11(9(13)14)6-7-12-10(2,3)8-11/h12H,4-8H2,1-3H3,(H,13,14). The lowest BCUT2D eigenvalue weighted by molar-refractivity contribution is -0.153. The second-order valence-corrected chi connectivity index (χ2v) is 5.07. The second-order valence-electron chi connectivity index (χ2n) is 5.07. The topological polar surface area (TPSA) is 49.3 Å². The lowest BCUT2D eigenvalue weighted by Crippen LogP contribution is -2.53. The highest BCUT2D eigenvalue weighted by Crippen LogP contribution is 2.39. The lowest BCUT2D eigenvalue weighted by atomic mass is 9.69. The van der Waals surface area contributed by atoms with Crippen LogP contribution in [0.1, 0.15) is 46.5 Å². The molecule has 1 heterocycles. The first-order valence-electron chi connectivity index (χ1n) is 5.40. The first-order chi connectivity index (χ1) is 6.42. The minimum absolute atomic E-state index is 0.0359. The van der Waals surface area contributed by atoms with E-state index in [0.717, 1.165) is 32.2 Å². The Morgan fingerprint density at radius 1 is 1.50 bits per heavy atom. The van der Waals surface area contributed by atoms with Gasteiger partial charge in [0.1, 0.15) is 0 Å². The van der Waals surface area contributed by atoms with Gasteiger partial charge < -0.3 is 10.4 Å². The molecular formula is C11H21NO2. The summed E-state index contributed by atoms with van der Waals surface area (Å²) in [5.41, 5.74) is -0.519. The Balaban J connectivity index is 2.82. The van der Waals surface area contributed by atoms with Crippen molar-refractivity contribution < 1.29 is 9.90 Å². The number of carboxylic acid groups (broad SMARTS) is 1. The van der Waals surface area contributed by atoms with Crippen molar-refractivity contribution in [3.8, 4) is 0 Å². The van der Waals surface area contributed by atoms with Gasteiger partial charge in [0.15, 0.2) is 0 Å². The van der Waals surface area contributed by atoms with Crippen LogP contribution in [0.5, 0.6) is 0 Å². The fourth-order valence-corrected chi connectivity index (χ4v) is 2.62. The Labute approximate surface area is 85.9 Å². The molecule has 0 radical (unpaired) electrons. The smallest absolute Gasteiger partial charge is 0.309 e. The number of carboxylic acids is 1. The molecule has 1 aliphatic rings. The van der Waals surface area contributed by atoms with Gasteiger partial charge >= 0.3 is 5.97 Å². The SMILES string of the molecule is CCCC1(C(=O)O)CCNC(C)(C)C1. The van der Waals surface area contributed by atoms with E-state index in [-0.39, 0.29) is 5.54 Å². The van der Waals surface area contributed by atoms with Crippen LogP contribution < -0.4 is 5.32 Å². The number of aliphatic carboxylic acids is 1. The first-order valence-corrected chi connectivity index (χ1v) is 5.40. The molecule has 0 aromatic carbocycles. The van der Waals surface area contributed by atoms with Crippen LogP contribution in [0.15, 0.2) is 0 Å². The van der Waals surface area contributed by atoms with E-state index in [1.165, 1.54) is 0 Å². The van der Waals surface area contributed by atoms with Gasteiger partial charge in [-0.1, -0.05) is 13.3 Å². The number of hydrogen-bond acceptors (Lipinski definition) is 2. The number of nitrogens with one attached hydrogen (secondary N) is 1. The summed E-state index contributed by atoms with van der Waals surface area (Å²) in [5.74, 6) is -0.617. The van der Waals surface area contributed by atoms with Crippen molar-refractivity contribution in [2.75, 3.05) is 6.54 Å². The van der Waals surface area contributed by atoms with E-state index >= 15 is 0 Å². The summed E-state index contributed by atoms with van der Waals surface area (Å²) >= 11 is 0. The van der Waals surface area contributed by atoms with E-state index in [0.29, 0.717) is 0 Å². The molecule has 3 nitrogen and oxygen atoms in total. The zero-order valence-electron chi connectivity index (χ0n) is 9.39. The monoisotopic (exact) mass is 199 g/mol. The molecular weight excluding hydrogens is 178 g/mol. The fourth-order valence-electron chi connectivity index (χ4n) is 2.62. The Morgan fingerprint density at radius 3 is 2.57 bits per heavy atom. The van der Waals surface area contributed by atoms with Gasteiger partial charge in [-0.3, -0.25) is 4.79 Å². The van der Waals surface area contributed by atoms with Crippen LogP contribution in [0, 0.1) is 5.41 Å². The highest BCUT2D eigenvalue weighted by atomic mass is 16.4. The molecule has 2 N–H and O–H groups in total.